The number of hydrogen-bond donors (Lipinski definition) is 1. The van der Waals surface area contributed by atoms with Crippen LogP contribution in [-0.2, 0) is 6.42 Å². The van der Waals surface area contributed by atoms with Crippen molar-refractivity contribution in [1.82, 2.24) is 0 Å². The minimum atomic E-state index is 0.210. The summed E-state index contributed by atoms with van der Waals surface area (Å²) in [7, 11) is 1.69. The van der Waals surface area contributed by atoms with Gasteiger partial charge in [-0.05, 0) is 42.3 Å². The van der Waals surface area contributed by atoms with E-state index in [0.29, 0.717) is 13.3 Å². The van der Waals surface area contributed by atoms with Gasteiger partial charge < -0.3 is 19.9 Å². The highest BCUT2D eigenvalue weighted by Gasteiger charge is 2.18. The molecule has 1 unspecified atom stereocenters. The molecule has 0 fully saturated rings. The molecule has 0 aliphatic carbocycles. The van der Waals surface area contributed by atoms with E-state index in [-0.39, 0.29) is 5.92 Å². The van der Waals surface area contributed by atoms with Crippen molar-refractivity contribution in [1.29, 1.82) is 0 Å². The van der Waals surface area contributed by atoms with Gasteiger partial charge in [-0.2, -0.15) is 0 Å². The normalized spacial score (nSPS) is 14.0. The second-order valence-electron chi connectivity index (χ2n) is 5.07. The lowest BCUT2D eigenvalue weighted by Gasteiger charge is -2.18. The second kappa shape index (κ2) is 6.06. The van der Waals surface area contributed by atoms with E-state index in [1.165, 1.54) is 5.56 Å². The molecule has 0 amide bonds. The van der Waals surface area contributed by atoms with Gasteiger partial charge in [0, 0.05) is 5.92 Å². The molecule has 3 rings (SSSR count). The lowest BCUT2D eigenvalue weighted by molar-refractivity contribution is 0.174. The lowest BCUT2D eigenvalue weighted by atomic mass is 9.91. The standard InChI is InChI=1S/C17H19NO3/c1-19-15-5-3-2-4-14(15)13(10-18)8-12-6-7-16-17(9-12)21-11-20-16/h2-7,9,13H,8,10-11,18H2,1H3. The smallest absolute Gasteiger partial charge is 0.231 e. The summed E-state index contributed by atoms with van der Waals surface area (Å²) in [6.45, 7) is 0.862. The Morgan fingerprint density at radius 3 is 2.76 bits per heavy atom. The van der Waals surface area contributed by atoms with Crippen LogP contribution in [0.15, 0.2) is 42.5 Å². The fourth-order valence-electron chi connectivity index (χ4n) is 2.68. The van der Waals surface area contributed by atoms with Crippen LogP contribution >= 0.6 is 0 Å². The monoisotopic (exact) mass is 285 g/mol. The molecule has 1 aliphatic rings. The van der Waals surface area contributed by atoms with Gasteiger partial charge in [-0.1, -0.05) is 24.3 Å². The topological polar surface area (TPSA) is 53.7 Å². The third-order valence-corrected chi connectivity index (χ3v) is 3.78. The molecular weight excluding hydrogens is 266 g/mol. The molecule has 0 spiro atoms. The summed E-state index contributed by atoms with van der Waals surface area (Å²) in [6, 6.07) is 14.1. The van der Waals surface area contributed by atoms with Gasteiger partial charge in [0.2, 0.25) is 6.79 Å². The Labute approximate surface area is 124 Å². The van der Waals surface area contributed by atoms with E-state index >= 15 is 0 Å². The zero-order valence-corrected chi connectivity index (χ0v) is 12.0. The Hall–Kier alpha value is -2.20. The van der Waals surface area contributed by atoms with E-state index in [0.717, 1.165) is 29.2 Å². The third kappa shape index (κ3) is 2.81. The Morgan fingerprint density at radius 1 is 1.14 bits per heavy atom. The molecule has 1 atom stereocenters. The van der Waals surface area contributed by atoms with Crippen molar-refractivity contribution in [3.8, 4) is 17.2 Å². The molecular formula is C17H19NO3. The number of nitrogens with two attached hydrogens (primary N) is 1. The minimum absolute atomic E-state index is 0.210. The van der Waals surface area contributed by atoms with Gasteiger partial charge in [0.15, 0.2) is 11.5 Å². The quantitative estimate of drug-likeness (QED) is 0.917. The molecule has 0 radical (unpaired) electrons. The van der Waals surface area contributed by atoms with E-state index in [1.807, 2.05) is 30.3 Å². The Balaban J connectivity index is 1.84. The van der Waals surface area contributed by atoms with Crippen molar-refractivity contribution >= 4 is 0 Å². The average molecular weight is 285 g/mol. The summed E-state index contributed by atoms with van der Waals surface area (Å²) in [6.07, 6.45) is 0.841. The molecule has 0 saturated heterocycles. The van der Waals surface area contributed by atoms with Crippen LogP contribution in [-0.4, -0.2) is 20.4 Å². The molecule has 4 heteroatoms. The SMILES string of the molecule is COc1ccccc1C(CN)Cc1ccc2c(c1)OCO2. The zero-order valence-electron chi connectivity index (χ0n) is 12.0. The molecule has 0 aromatic heterocycles. The summed E-state index contributed by atoms with van der Waals surface area (Å²) in [4.78, 5) is 0. The van der Waals surface area contributed by atoms with Crippen LogP contribution in [0, 0.1) is 0 Å². The van der Waals surface area contributed by atoms with Gasteiger partial charge in [-0.25, -0.2) is 0 Å². The van der Waals surface area contributed by atoms with E-state index in [9.17, 15) is 0 Å². The van der Waals surface area contributed by atoms with Crippen LogP contribution in [0.1, 0.15) is 17.0 Å². The number of para-hydroxylation sites is 1. The van der Waals surface area contributed by atoms with Crippen molar-refractivity contribution < 1.29 is 14.2 Å². The van der Waals surface area contributed by atoms with E-state index in [1.54, 1.807) is 7.11 Å². The van der Waals surface area contributed by atoms with Gasteiger partial charge in [0.25, 0.3) is 0 Å². The molecule has 1 aliphatic heterocycles. The van der Waals surface area contributed by atoms with Gasteiger partial charge in [0.05, 0.1) is 7.11 Å². The van der Waals surface area contributed by atoms with Crippen molar-refractivity contribution in [2.24, 2.45) is 5.73 Å². The van der Waals surface area contributed by atoms with E-state index in [4.69, 9.17) is 19.9 Å². The molecule has 21 heavy (non-hydrogen) atoms. The van der Waals surface area contributed by atoms with Crippen LogP contribution in [0.2, 0.25) is 0 Å². The van der Waals surface area contributed by atoms with Crippen LogP contribution in [0.25, 0.3) is 0 Å². The Bertz CT molecular complexity index is 627. The molecule has 4 nitrogen and oxygen atoms in total. The summed E-state index contributed by atoms with van der Waals surface area (Å²) in [5.74, 6) is 2.71. The largest absolute Gasteiger partial charge is 0.496 e. The highest BCUT2D eigenvalue weighted by molar-refractivity contribution is 5.45. The number of ether oxygens (including phenoxy) is 3. The summed E-state index contributed by atoms with van der Waals surface area (Å²) in [5, 5.41) is 0. The fourth-order valence-corrected chi connectivity index (χ4v) is 2.68. The van der Waals surface area contributed by atoms with E-state index < -0.39 is 0 Å². The van der Waals surface area contributed by atoms with E-state index in [2.05, 4.69) is 12.1 Å². The molecule has 0 bridgehead atoms. The van der Waals surface area contributed by atoms with Crippen molar-refractivity contribution in [2.75, 3.05) is 20.4 Å². The highest BCUT2D eigenvalue weighted by Crippen LogP contribution is 2.35. The van der Waals surface area contributed by atoms with Crippen molar-refractivity contribution in [3.05, 3.63) is 53.6 Å². The molecule has 0 saturated carbocycles. The second-order valence-corrected chi connectivity index (χ2v) is 5.07. The molecule has 1 heterocycles. The average Bonchev–Trinajstić information content (AvgIpc) is 3.00. The van der Waals surface area contributed by atoms with Gasteiger partial charge >= 0.3 is 0 Å². The van der Waals surface area contributed by atoms with Gasteiger partial charge in [-0.15, -0.1) is 0 Å². The molecule has 2 N–H and O–H groups in total. The number of fused-ring (bicyclic) bond motifs is 1. The fraction of sp³-hybridized carbons (Fsp3) is 0.294. The summed E-state index contributed by atoms with van der Waals surface area (Å²) in [5.41, 5.74) is 8.30. The van der Waals surface area contributed by atoms with Crippen molar-refractivity contribution in [3.63, 3.8) is 0 Å². The van der Waals surface area contributed by atoms with Crippen LogP contribution < -0.4 is 19.9 Å². The lowest BCUT2D eigenvalue weighted by Crippen LogP contribution is -2.16. The first-order chi connectivity index (χ1) is 10.3. The number of rotatable bonds is 5. The molecule has 110 valence electrons. The van der Waals surface area contributed by atoms with Crippen molar-refractivity contribution in [2.45, 2.75) is 12.3 Å². The number of methoxy groups -OCH3 is 1. The maximum absolute atomic E-state index is 5.98. The van der Waals surface area contributed by atoms with Crippen LogP contribution in [0.4, 0.5) is 0 Å². The number of hydrogen-bond acceptors (Lipinski definition) is 4. The van der Waals surface area contributed by atoms with Gasteiger partial charge in [0.1, 0.15) is 5.75 Å². The first-order valence-electron chi connectivity index (χ1n) is 7.03. The maximum atomic E-state index is 5.98. The van der Waals surface area contributed by atoms with Crippen LogP contribution in [0.5, 0.6) is 17.2 Å². The Morgan fingerprint density at radius 2 is 1.95 bits per heavy atom. The predicted molar refractivity (Wildman–Crippen MR) is 81.1 cm³/mol. The first-order valence-corrected chi connectivity index (χ1v) is 7.03. The maximum Gasteiger partial charge on any atom is 0.231 e. The first kappa shape index (κ1) is 13.8. The highest BCUT2D eigenvalue weighted by atomic mass is 16.7. The molecule has 2 aromatic carbocycles. The van der Waals surface area contributed by atoms with Gasteiger partial charge in [-0.3, -0.25) is 0 Å². The summed E-state index contributed by atoms with van der Waals surface area (Å²) < 4.78 is 16.2. The third-order valence-electron chi connectivity index (χ3n) is 3.78. The zero-order chi connectivity index (χ0) is 14.7. The predicted octanol–water partition coefficient (Wildman–Crippen LogP) is 2.71. The number of benzene rings is 2. The minimum Gasteiger partial charge on any atom is -0.496 e. The molecule has 2 aromatic rings. The van der Waals surface area contributed by atoms with Crippen LogP contribution in [0.3, 0.4) is 0 Å². The Kier molecular flexibility index (Phi) is 3.97. The summed E-state index contributed by atoms with van der Waals surface area (Å²) >= 11 is 0.